The fourth-order valence-corrected chi connectivity index (χ4v) is 5.07. The van der Waals surface area contributed by atoms with E-state index >= 15 is 0 Å². The van der Waals surface area contributed by atoms with Crippen LogP contribution in [0.2, 0.25) is 0 Å². The van der Waals surface area contributed by atoms with Crippen molar-refractivity contribution in [2.24, 2.45) is 0 Å². The monoisotopic (exact) mass is 538 g/mol. The summed E-state index contributed by atoms with van der Waals surface area (Å²) in [5, 5.41) is 16.3. The molecule has 0 aliphatic carbocycles. The maximum absolute atomic E-state index is 12.3. The fraction of sp³-hybridized carbons (Fsp3) is 0.353. The predicted octanol–water partition coefficient (Wildman–Crippen LogP) is 8.84. The summed E-state index contributed by atoms with van der Waals surface area (Å²) in [6.45, 7) is 1.40. The number of urea groups is 2. The Bertz CT molecular complexity index is 1250. The Morgan fingerprint density at radius 1 is 0.425 bits per heavy atom. The van der Waals surface area contributed by atoms with E-state index in [1.165, 1.54) is 38.5 Å². The molecule has 0 spiro atoms. The summed E-state index contributed by atoms with van der Waals surface area (Å²) in [4.78, 5) is 24.5. The van der Waals surface area contributed by atoms with Gasteiger partial charge in [0.2, 0.25) is 0 Å². The number of rotatable bonds is 15. The topological polar surface area (TPSA) is 82.3 Å². The third kappa shape index (κ3) is 9.30. The molecule has 0 unspecified atom stereocenters. The second kappa shape index (κ2) is 16.1. The first kappa shape index (κ1) is 28.9. The molecular formula is C34H42N4O2. The van der Waals surface area contributed by atoms with Crippen molar-refractivity contribution in [1.82, 2.24) is 10.6 Å². The number of hydrogen-bond donors (Lipinski definition) is 4. The summed E-state index contributed by atoms with van der Waals surface area (Å²) in [7, 11) is 0. The van der Waals surface area contributed by atoms with Gasteiger partial charge in [0.15, 0.2) is 0 Å². The molecule has 210 valence electrons. The van der Waals surface area contributed by atoms with Gasteiger partial charge in [-0.05, 0) is 35.7 Å². The molecule has 0 atom stereocenters. The molecule has 40 heavy (non-hydrogen) atoms. The van der Waals surface area contributed by atoms with Crippen LogP contribution in [0.15, 0.2) is 84.9 Å². The second-order valence-electron chi connectivity index (χ2n) is 10.4. The minimum atomic E-state index is -0.142. The van der Waals surface area contributed by atoms with Crippen LogP contribution < -0.4 is 21.3 Å². The lowest BCUT2D eigenvalue weighted by Crippen LogP contribution is -2.29. The van der Waals surface area contributed by atoms with Crippen LogP contribution in [-0.4, -0.2) is 25.2 Å². The van der Waals surface area contributed by atoms with Crippen molar-refractivity contribution in [3.05, 3.63) is 84.9 Å². The molecule has 4 N–H and O–H groups in total. The lowest BCUT2D eigenvalue weighted by molar-refractivity contribution is 0.251. The van der Waals surface area contributed by atoms with Gasteiger partial charge in [0, 0.05) is 23.9 Å². The number of nitrogens with one attached hydrogen (secondary N) is 4. The van der Waals surface area contributed by atoms with Gasteiger partial charge in [-0.1, -0.05) is 124 Å². The molecule has 0 heterocycles. The molecule has 6 heteroatoms. The molecule has 4 rings (SSSR count). The highest BCUT2D eigenvalue weighted by Gasteiger charge is 2.06. The molecule has 4 aromatic carbocycles. The maximum Gasteiger partial charge on any atom is 0.319 e. The van der Waals surface area contributed by atoms with Crippen molar-refractivity contribution in [1.29, 1.82) is 0 Å². The average molecular weight is 539 g/mol. The summed E-state index contributed by atoms with van der Waals surface area (Å²) in [6, 6.07) is 27.7. The number of fused-ring (bicyclic) bond motifs is 2. The van der Waals surface area contributed by atoms with Crippen LogP contribution in [0.5, 0.6) is 0 Å². The number of amides is 4. The zero-order chi connectivity index (χ0) is 27.8. The van der Waals surface area contributed by atoms with Crippen molar-refractivity contribution in [2.45, 2.75) is 64.2 Å². The number of carbonyl (C=O) groups excluding carboxylic acids is 2. The molecule has 0 fully saturated rings. The first-order valence-electron chi connectivity index (χ1n) is 14.8. The lowest BCUT2D eigenvalue weighted by Gasteiger charge is -2.10. The highest BCUT2D eigenvalue weighted by molar-refractivity contribution is 6.02. The standard InChI is InChI=1S/C34H42N4O2/c39-33(37-31-23-15-19-27-17-9-11-21-29(27)31)35-25-13-7-5-3-1-2-4-6-8-14-26-36-34(40)38-32-24-16-20-28-18-10-12-22-30(28)32/h9-12,15-24H,1-8,13-14,25-26H2,(H2,35,37,39)(H2,36,38,40). The molecule has 0 aliphatic heterocycles. The van der Waals surface area contributed by atoms with E-state index in [0.717, 1.165) is 58.6 Å². The van der Waals surface area contributed by atoms with E-state index in [1.807, 2.05) is 84.9 Å². The van der Waals surface area contributed by atoms with Crippen LogP contribution in [0.4, 0.5) is 21.0 Å². The van der Waals surface area contributed by atoms with E-state index in [0.29, 0.717) is 13.1 Å². The van der Waals surface area contributed by atoms with Gasteiger partial charge in [-0.3, -0.25) is 0 Å². The van der Waals surface area contributed by atoms with Crippen molar-refractivity contribution in [3.63, 3.8) is 0 Å². The lowest BCUT2D eigenvalue weighted by atomic mass is 10.1. The highest BCUT2D eigenvalue weighted by Crippen LogP contribution is 2.23. The van der Waals surface area contributed by atoms with Crippen LogP contribution >= 0.6 is 0 Å². The Morgan fingerprint density at radius 3 is 1.20 bits per heavy atom. The highest BCUT2D eigenvalue weighted by atomic mass is 16.2. The molecule has 0 radical (unpaired) electrons. The number of benzene rings is 4. The smallest absolute Gasteiger partial charge is 0.319 e. The van der Waals surface area contributed by atoms with Crippen LogP contribution in [0.3, 0.4) is 0 Å². The Kier molecular flexibility index (Phi) is 11.7. The van der Waals surface area contributed by atoms with Gasteiger partial charge in [-0.15, -0.1) is 0 Å². The summed E-state index contributed by atoms with van der Waals surface area (Å²) >= 11 is 0. The first-order valence-corrected chi connectivity index (χ1v) is 14.8. The van der Waals surface area contributed by atoms with Gasteiger partial charge in [0.1, 0.15) is 0 Å². The van der Waals surface area contributed by atoms with Gasteiger partial charge in [0.05, 0.1) is 11.4 Å². The maximum atomic E-state index is 12.3. The minimum Gasteiger partial charge on any atom is -0.338 e. The Morgan fingerprint density at radius 2 is 0.775 bits per heavy atom. The Labute approximate surface area is 237 Å². The molecule has 0 aromatic heterocycles. The van der Waals surface area contributed by atoms with Crippen LogP contribution in [0.1, 0.15) is 64.2 Å². The Balaban J connectivity index is 0.942. The molecule has 4 amide bonds. The summed E-state index contributed by atoms with van der Waals surface area (Å²) in [5.41, 5.74) is 1.68. The SMILES string of the molecule is O=C(NCCCCCCCCCCCCNC(=O)Nc1cccc2ccccc12)Nc1cccc2ccccc12. The zero-order valence-electron chi connectivity index (χ0n) is 23.4. The van der Waals surface area contributed by atoms with E-state index in [9.17, 15) is 9.59 Å². The zero-order valence-corrected chi connectivity index (χ0v) is 23.4. The van der Waals surface area contributed by atoms with E-state index in [2.05, 4.69) is 21.3 Å². The summed E-state index contributed by atoms with van der Waals surface area (Å²) < 4.78 is 0. The summed E-state index contributed by atoms with van der Waals surface area (Å²) in [6.07, 6.45) is 11.7. The molecule has 0 aliphatic rings. The predicted molar refractivity (Wildman–Crippen MR) is 168 cm³/mol. The van der Waals surface area contributed by atoms with E-state index in [1.54, 1.807) is 0 Å². The van der Waals surface area contributed by atoms with Gasteiger partial charge >= 0.3 is 12.1 Å². The molecule has 0 bridgehead atoms. The normalized spacial score (nSPS) is 10.9. The first-order chi connectivity index (χ1) is 19.7. The van der Waals surface area contributed by atoms with Gasteiger partial charge in [0.25, 0.3) is 0 Å². The largest absolute Gasteiger partial charge is 0.338 e. The van der Waals surface area contributed by atoms with Crippen LogP contribution in [-0.2, 0) is 0 Å². The third-order valence-corrected chi connectivity index (χ3v) is 7.25. The van der Waals surface area contributed by atoms with Crippen molar-refractivity contribution >= 4 is 45.0 Å². The molecule has 6 nitrogen and oxygen atoms in total. The fourth-order valence-electron chi connectivity index (χ4n) is 5.07. The number of hydrogen-bond acceptors (Lipinski definition) is 2. The van der Waals surface area contributed by atoms with Crippen molar-refractivity contribution in [3.8, 4) is 0 Å². The van der Waals surface area contributed by atoms with Crippen LogP contribution in [0, 0.1) is 0 Å². The van der Waals surface area contributed by atoms with E-state index in [4.69, 9.17) is 0 Å². The van der Waals surface area contributed by atoms with Crippen LogP contribution in [0.25, 0.3) is 21.5 Å². The second-order valence-corrected chi connectivity index (χ2v) is 10.4. The van der Waals surface area contributed by atoms with Gasteiger partial charge in [-0.25, -0.2) is 9.59 Å². The quantitative estimate of drug-likeness (QED) is 0.114. The molecule has 0 saturated heterocycles. The number of carbonyl (C=O) groups is 2. The summed E-state index contributed by atoms with van der Waals surface area (Å²) in [5.74, 6) is 0. The third-order valence-electron chi connectivity index (χ3n) is 7.25. The Hall–Kier alpha value is -4.06. The number of anilines is 2. The molecule has 0 saturated carbocycles. The molecule has 4 aromatic rings. The van der Waals surface area contributed by atoms with Gasteiger partial charge in [-0.2, -0.15) is 0 Å². The van der Waals surface area contributed by atoms with E-state index < -0.39 is 0 Å². The average Bonchev–Trinajstić information content (AvgIpc) is 2.98. The minimum absolute atomic E-state index is 0.142. The number of unbranched alkanes of at least 4 members (excludes halogenated alkanes) is 9. The van der Waals surface area contributed by atoms with Crippen molar-refractivity contribution < 1.29 is 9.59 Å². The van der Waals surface area contributed by atoms with Crippen molar-refractivity contribution in [2.75, 3.05) is 23.7 Å². The van der Waals surface area contributed by atoms with E-state index in [-0.39, 0.29) is 12.1 Å². The van der Waals surface area contributed by atoms with Gasteiger partial charge < -0.3 is 21.3 Å². The molecular weight excluding hydrogens is 496 g/mol.